The van der Waals surface area contributed by atoms with Gasteiger partial charge in [0, 0.05) is 31.9 Å². The van der Waals surface area contributed by atoms with Gasteiger partial charge in [-0.05, 0) is 52.3 Å². The Morgan fingerprint density at radius 1 is 1.26 bits per heavy atom. The zero-order chi connectivity index (χ0) is 24.8. The Balaban J connectivity index is 1.78. The zero-order valence-corrected chi connectivity index (χ0v) is 20.4. The fraction of sp³-hybridized carbons (Fsp3) is 0.435. The van der Waals surface area contributed by atoms with Crippen molar-refractivity contribution >= 4 is 34.5 Å². The lowest BCUT2D eigenvalue weighted by Crippen LogP contribution is -2.55. The average molecular weight is 489 g/mol. The fourth-order valence-electron chi connectivity index (χ4n) is 3.97. The first kappa shape index (κ1) is 23.9. The molecule has 1 aliphatic heterocycles. The Morgan fingerprint density at radius 2 is 2.00 bits per heavy atom. The molecule has 3 aromatic heterocycles. The van der Waals surface area contributed by atoms with E-state index in [1.165, 1.54) is 16.8 Å². The molecule has 180 valence electrons. The molecule has 0 saturated carbocycles. The van der Waals surface area contributed by atoms with Crippen LogP contribution in [-0.4, -0.2) is 61.8 Å². The Labute approximate surface area is 201 Å². The molecule has 1 saturated heterocycles. The van der Waals surface area contributed by atoms with E-state index in [0.29, 0.717) is 30.7 Å². The molecule has 0 aliphatic carbocycles. The second-order valence-electron chi connectivity index (χ2n) is 9.32. The number of hydrogen-bond donors (Lipinski definition) is 0. The van der Waals surface area contributed by atoms with Gasteiger partial charge in [-0.2, -0.15) is 4.98 Å². The summed E-state index contributed by atoms with van der Waals surface area (Å²) in [6.45, 7) is 10.3. The van der Waals surface area contributed by atoms with Crippen LogP contribution in [0, 0.1) is 12.7 Å². The number of rotatable bonds is 2. The maximum absolute atomic E-state index is 14.5. The van der Waals surface area contributed by atoms with Crippen molar-refractivity contribution < 1.29 is 13.9 Å². The molecule has 0 radical (unpaired) electrons. The number of hydrogen-bond acceptors (Lipinski definition) is 7. The van der Waals surface area contributed by atoms with E-state index in [1.54, 1.807) is 17.2 Å². The molecule has 0 N–H and O–H groups in total. The third-order valence-electron chi connectivity index (χ3n) is 5.56. The van der Waals surface area contributed by atoms with E-state index in [1.807, 2.05) is 39.5 Å². The molecule has 0 spiro atoms. The average Bonchev–Trinajstić information content (AvgIpc) is 2.74. The lowest BCUT2D eigenvalue weighted by Gasteiger charge is -2.41. The normalized spacial score (nSPS) is 16.7. The Morgan fingerprint density at radius 3 is 2.65 bits per heavy atom. The molecular formula is C23H26ClFN6O3. The summed E-state index contributed by atoms with van der Waals surface area (Å²) >= 11 is 6.00. The summed E-state index contributed by atoms with van der Waals surface area (Å²) in [6, 6.07) is 2.78. The Bertz CT molecular complexity index is 1320. The molecule has 1 aliphatic rings. The van der Waals surface area contributed by atoms with Crippen LogP contribution in [0.5, 0.6) is 0 Å². The predicted octanol–water partition coefficient (Wildman–Crippen LogP) is 3.72. The SMILES string of the molecule is Cc1ccncc1-n1c(=O)nc(N2CCN(C(=O)OC(C)(C)C)CC2C)c2cc(F)c(Cl)nc21. The van der Waals surface area contributed by atoms with Gasteiger partial charge in [0.1, 0.15) is 11.4 Å². The largest absolute Gasteiger partial charge is 0.444 e. The highest BCUT2D eigenvalue weighted by molar-refractivity contribution is 6.30. The van der Waals surface area contributed by atoms with Crippen molar-refractivity contribution in [2.45, 2.75) is 46.3 Å². The van der Waals surface area contributed by atoms with Crippen LogP contribution in [0.25, 0.3) is 16.7 Å². The summed E-state index contributed by atoms with van der Waals surface area (Å²) in [5.41, 5.74) is 0.242. The molecule has 34 heavy (non-hydrogen) atoms. The predicted molar refractivity (Wildman–Crippen MR) is 127 cm³/mol. The minimum atomic E-state index is -0.717. The maximum Gasteiger partial charge on any atom is 0.410 e. The minimum absolute atomic E-state index is 0.180. The van der Waals surface area contributed by atoms with Gasteiger partial charge in [-0.15, -0.1) is 0 Å². The first-order valence-electron chi connectivity index (χ1n) is 10.9. The van der Waals surface area contributed by atoms with E-state index < -0.39 is 23.2 Å². The first-order valence-corrected chi connectivity index (χ1v) is 11.3. The molecule has 4 heterocycles. The van der Waals surface area contributed by atoms with Gasteiger partial charge in [0.25, 0.3) is 0 Å². The standard InChI is InChI=1S/C23H26ClFN6O3/c1-13-6-7-26-11-17(13)31-20-15(10-16(25)18(24)27-20)19(28-21(31)32)30-9-8-29(12-14(30)2)22(33)34-23(3,4)5/h6-7,10-11,14H,8-9,12H2,1-5H3. The zero-order valence-electron chi connectivity index (χ0n) is 19.7. The number of aromatic nitrogens is 4. The quantitative estimate of drug-likeness (QED) is 0.507. The van der Waals surface area contributed by atoms with Crippen LogP contribution in [0.4, 0.5) is 15.0 Å². The molecule has 4 rings (SSSR count). The van der Waals surface area contributed by atoms with Gasteiger partial charge in [-0.3, -0.25) is 4.98 Å². The van der Waals surface area contributed by atoms with Crippen molar-refractivity contribution in [1.29, 1.82) is 0 Å². The third kappa shape index (κ3) is 4.54. The second-order valence-corrected chi connectivity index (χ2v) is 9.67. The number of carbonyl (C=O) groups is 1. The highest BCUT2D eigenvalue weighted by Gasteiger charge is 2.32. The number of carbonyl (C=O) groups excluding carboxylic acids is 1. The van der Waals surface area contributed by atoms with Gasteiger partial charge in [0.2, 0.25) is 0 Å². The number of fused-ring (bicyclic) bond motifs is 1. The van der Waals surface area contributed by atoms with Gasteiger partial charge in [0.05, 0.1) is 17.3 Å². The molecule has 1 atom stereocenters. The summed E-state index contributed by atoms with van der Waals surface area (Å²) in [4.78, 5) is 41.8. The number of piperazine rings is 1. The van der Waals surface area contributed by atoms with Crippen LogP contribution in [0.1, 0.15) is 33.3 Å². The van der Waals surface area contributed by atoms with Gasteiger partial charge in [-0.1, -0.05) is 11.6 Å². The number of amides is 1. The van der Waals surface area contributed by atoms with E-state index >= 15 is 0 Å². The Hall–Kier alpha value is -3.27. The lowest BCUT2D eigenvalue weighted by atomic mass is 10.1. The van der Waals surface area contributed by atoms with E-state index in [0.717, 1.165) is 5.56 Å². The molecule has 0 aromatic carbocycles. The van der Waals surface area contributed by atoms with Crippen LogP contribution >= 0.6 is 11.6 Å². The molecule has 11 heteroatoms. The highest BCUT2D eigenvalue weighted by atomic mass is 35.5. The van der Waals surface area contributed by atoms with Gasteiger partial charge < -0.3 is 14.5 Å². The van der Waals surface area contributed by atoms with E-state index in [-0.39, 0.29) is 22.7 Å². The van der Waals surface area contributed by atoms with Crippen LogP contribution in [0.3, 0.4) is 0 Å². The Kier molecular flexibility index (Phi) is 6.20. The number of aryl methyl sites for hydroxylation is 1. The monoisotopic (exact) mass is 488 g/mol. The summed E-state index contributed by atoms with van der Waals surface area (Å²) in [5, 5.41) is -0.00976. The van der Waals surface area contributed by atoms with Crippen LogP contribution in [0.15, 0.2) is 29.3 Å². The molecule has 1 unspecified atom stereocenters. The number of pyridine rings is 2. The van der Waals surface area contributed by atoms with Crippen LogP contribution in [0.2, 0.25) is 5.15 Å². The van der Waals surface area contributed by atoms with Crippen LogP contribution in [-0.2, 0) is 4.74 Å². The topological polar surface area (TPSA) is 93.5 Å². The maximum atomic E-state index is 14.5. The van der Waals surface area contributed by atoms with Crippen molar-refractivity contribution in [3.05, 3.63) is 51.5 Å². The summed E-state index contributed by atoms with van der Waals surface area (Å²) in [6.07, 6.45) is 2.73. The first-order chi connectivity index (χ1) is 16.0. The van der Waals surface area contributed by atoms with E-state index in [2.05, 4.69) is 15.0 Å². The van der Waals surface area contributed by atoms with Crippen LogP contribution < -0.4 is 10.6 Å². The van der Waals surface area contributed by atoms with Gasteiger partial charge >= 0.3 is 11.8 Å². The minimum Gasteiger partial charge on any atom is -0.444 e. The molecule has 0 bridgehead atoms. The second kappa shape index (κ2) is 8.83. The smallest absolute Gasteiger partial charge is 0.410 e. The van der Waals surface area contributed by atoms with Crippen molar-refractivity contribution in [3.8, 4) is 5.69 Å². The molecule has 1 amide bonds. The third-order valence-corrected chi connectivity index (χ3v) is 5.83. The fourth-order valence-corrected chi connectivity index (χ4v) is 4.11. The molecule has 1 fully saturated rings. The number of nitrogens with zero attached hydrogens (tertiary/aromatic N) is 6. The van der Waals surface area contributed by atoms with Crippen molar-refractivity contribution in [2.24, 2.45) is 0 Å². The lowest BCUT2D eigenvalue weighted by molar-refractivity contribution is 0.0218. The summed E-state index contributed by atoms with van der Waals surface area (Å²) < 4.78 is 21.3. The van der Waals surface area contributed by atoms with Gasteiger partial charge in [0.15, 0.2) is 16.6 Å². The summed E-state index contributed by atoms with van der Waals surface area (Å²) in [5.74, 6) is -0.428. The number of anilines is 1. The highest BCUT2D eigenvalue weighted by Crippen LogP contribution is 2.30. The van der Waals surface area contributed by atoms with E-state index in [4.69, 9.17) is 16.3 Å². The number of halogens is 2. The van der Waals surface area contributed by atoms with Crippen molar-refractivity contribution in [1.82, 2.24) is 24.4 Å². The summed E-state index contributed by atoms with van der Waals surface area (Å²) in [7, 11) is 0. The van der Waals surface area contributed by atoms with Crippen molar-refractivity contribution in [3.63, 3.8) is 0 Å². The number of ether oxygens (including phenoxy) is 1. The van der Waals surface area contributed by atoms with Crippen molar-refractivity contribution in [2.75, 3.05) is 24.5 Å². The molecule has 3 aromatic rings. The van der Waals surface area contributed by atoms with Gasteiger partial charge in [-0.25, -0.2) is 23.5 Å². The molecular weight excluding hydrogens is 463 g/mol. The van der Waals surface area contributed by atoms with E-state index in [9.17, 15) is 14.0 Å². The molecule has 9 nitrogen and oxygen atoms in total.